The van der Waals surface area contributed by atoms with Gasteiger partial charge in [-0.2, -0.15) is 0 Å². The van der Waals surface area contributed by atoms with Crippen LogP contribution >= 0.6 is 11.3 Å². The molecule has 0 spiro atoms. The molecule has 0 fully saturated rings. The van der Waals surface area contributed by atoms with E-state index in [9.17, 15) is 0 Å². The van der Waals surface area contributed by atoms with Crippen molar-refractivity contribution in [1.29, 1.82) is 0 Å². The minimum atomic E-state index is 0.612. The maximum absolute atomic E-state index is 4.49. The zero-order chi connectivity index (χ0) is 13.4. The smallest absolute Gasteiger partial charge is 0.0897 e. The summed E-state index contributed by atoms with van der Waals surface area (Å²) in [5.74, 6) is 0. The van der Waals surface area contributed by atoms with Crippen LogP contribution in [-0.2, 0) is 6.54 Å². The summed E-state index contributed by atoms with van der Waals surface area (Å²) < 4.78 is 0. The van der Waals surface area contributed by atoms with Gasteiger partial charge in [0.15, 0.2) is 0 Å². The van der Waals surface area contributed by atoms with Crippen molar-refractivity contribution in [2.45, 2.75) is 52.6 Å². The summed E-state index contributed by atoms with van der Waals surface area (Å²) in [5.41, 5.74) is 1.21. The number of nitrogens with one attached hydrogen (secondary N) is 1. The van der Waals surface area contributed by atoms with Crippen LogP contribution in [0.15, 0.2) is 5.38 Å². The summed E-state index contributed by atoms with van der Waals surface area (Å²) in [5, 5.41) is 6.78. The largest absolute Gasteiger partial charge is 0.315 e. The molecule has 1 N–H and O–H groups in total. The van der Waals surface area contributed by atoms with E-state index < -0.39 is 0 Å². The molecule has 3 nitrogen and oxygen atoms in total. The highest BCUT2D eigenvalue weighted by atomic mass is 32.1. The molecule has 4 heteroatoms. The van der Waals surface area contributed by atoms with Crippen molar-refractivity contribution in [2.24, 2.45) is 0 Å². The summed E-state index contributed by atoms with van der Waals surface area (Å²) in [7, 11) is 2.18. The third kappa shape index (κ3) is 7.09. The van der Waals surface area contributed by atoms with E-state index >= 15 is 0 Å². The Balaban J connectivity index is 2.01. The van der Waals surface area contributed by atoms with E-state index in [2.05, 4.69) is 48.4 Å². The molecule has 1 aromatic rings. The summed E-state index contributed by atoms with van der Waals surface area (Å²) in [6.07, 6.45) is 3.86. The zero-order valence-corrected chi connectivity index (χ0v) is 13.0. The van der Waals surface area contributed by atoms with Crippen molar-refractivity contribution in [3.8, 4) is 0 Å². The summed E-state index contributed by atoms with van der Waals surface area (Å²) >= 11 is 1.74. The standard InChI is InChI=1S/C14H27N3S/c1-12(2)15-8-6-5-7-9-17(4)10-14-11-18-13(3)16-14/h11-12,15H,5-10H2,1-4H3. The van der Waals surface area contributed by atoms with E-state index in [4.69, 9.17) is 0 Å². The molecule has 0 saturated carbocycles. The minimum absolute atomic E-state index is 0.612. The van der Waals surface area contributed by atoms with Crippen LogP contribution in [0.4, 0.5) is 0 Å². The summed E-state index contributed by atoms with van der Waals surface area (Å²) in [6.45, 7) is 9.75. The summed E-state index contributed by atoms with van der Waals surface area (Å²) in [4.78, 5) is 6.86. The van der Waals surface area contributed by atoms with Crippen LogP contribution in [0.1, 0.15) is 43.8 Å². The van der Waals surface area contributed by atoms with Gasteiger partial charge in [0, 0.05) is 18.0 Å². The summed E-state index contributed by atoms with van der Waals surface area (Å²) in [6, 6.07) is 0.612. The number of thiazole rings is 1. The number of rotatable bonds is 9. The number of hydrogen-bond acceptors (Lipinski definition) is 4. The van der Waals surface area contributed by atoms with Gasteiger partial charge in [0.05, 0.1) is 10.7 Å². The molecule has 18 heavy (non-hydrogen) atoms. The lowest BCUT2D eigenvalue weighted by Crippen LogP contribution is -2.24. The Morgan fingerprint density at radius 2 is 2.11 bits per heavy atom. The van der Waals surface area contributed by atoms with Crippen molar-refractivity contribution in [3.63, 3.8) is 0 Å². The Labute approximate surface area is 116 Å². The fraction of sp³-hybridized carbons (Fsp3) is 0.786. The Kier molecular flexibility index (Phi) is 7.47. The molecule has 1 aromatic heterocycles. The first kappa shape index (κ1) is 15.6. The number of aromatic nitrogens is 1. The highest BCUT2D eigenvalue weighted by Gasteiger charge is 2.03. The molecule has 0 aliphatic heterocycles. The van der Waals surface area contributed by atoms with E-state index in [-0.39, 0.29) is 0 Å². The van der Waals surface area contributed by atoms with Crippen molar-refractivity contribution in [2.75, 3.05) is 20.1 Å². The predicted molar refractivity (Wildman–Crippen MR) is 80.2 cm³/mol. The van der Waals surface area contributed by atoms with Crippen molar-refractivity contribution < 1.29 is 0 Å². The first-order chi connectivity index (χ1) is 8.58. The van der Waals surface area contributed by atoms with Crippen LogP contribution in [0.3, 0.4) is 0 Å². The van der Waals surface area contributed by atoms with Gasteiger partial charge in [-0.25, -0.2) is 4.98 Å². The Hall–Kier alpha value is -0.450. The number of unbranched alkanes of at least 4 members (excludes halogenated alkanes) is 2. The van der Waals surface area contributed by atoms with Crippen LogP contribution in [0.25, 0.3) is 0 Å². The van der Waals surface area contributed by atoms with Crippen molar-refractivity contribution >= 4 is 11.3 Å². The third-order valence-electron chi connectivity index (χ3n) is 2.87. The van der Waals surface area contributed by atoms with E-state index in [1.807, 2.05) is 0 Å². The molecular formula is C14H27N3S. The van der Waals surface area contributed by atoms with Crippen LogP contribution in [0.5, 0.6) is 0 Å². The second-order valence-corrected chi connectivity index (χ2v) is 6.33. The van der Waals surface area contributed by atoms with E-state index in [0.717, 1.165) is 24.6 Å². The van der Waals surface area contributed by atoms with Gasteiger partial charge < -0.3 is 10.2 Å². The minimum Gasteiger partial charge on any atom is -0.315 e. The van der Waals surface area contributed by atoms with Crippen LogP contribution in [0.2, 0.25) is 0 Å². The average Bonchev–Trinajstić information content (AvgIpc) is 2.68. The van der Waals surface area contributed by atoms with Crippen molar-refractivity contribution in [1.82, 2.24) is 15.2 Å². The monoisotopic (exact) mass is 269 g/mol. The molecule has 0 aromatic carbocycles. The van der Waals surface area contributed by atoms with Gasteiger partial charge in [0.25, 0.3) is 0 Å². The molecule has 0 bridgehead atoms. The van der Waals surface area contributed by atoms with Crippen LogP contribution in [-0.4, -0.2) is 36.1 Å². The molecule has 0 amide bonds. The molecule has 1 rings (SSSR count). The van der Waals surface area contributed by atoms with E-state index in [1.165, 1.54) is 25.0 Å². The quantitative estimate of drug-likeness (QED) is 0.698. The first-order valence-electron chi connectivity index (χ1n) is 6.91. The molecule has 0 saturated heterocycles. The highest BCUT2D eigenvalue weighted by molar-refractivity contribution is 7.09. The molecule has 104 valence electrons. The van der Waals surface area contributed by atoms with Gasteiger partial charge in [0.1, 0.15) is 0 Å². The second-order valence-electron chi connectivity index (χ2n) is 5.27. The molecular weight excluding hydrogens is 242 g/mol. The molecule has 0 radical (unpaired) electrons. The topological polar surface area (TPSA) is 28.2 Å². The van der Waals surface area contributed by atoms with E-state index in [0.29, 0.717) is 6.04 Å². The Morgan fingerprint density at radius 1 is 1.33 bits per heavy atom. The number of nitrogens with zero attached hydrogens (tertiary/aromatic N) is 2. The zero-order valence-electron chi connectivity index (χ0n) is 12.2. The normalized spacial score (nSPS) is 11.7. The molecule has 1 heterocycles. The van der Waals surface area contributed by atoms with Crippen LogP contribution < -0.4 is 5.32 Å². The van der Waals surface area contributed by atoms with Gasteiger partial charge in [-0.15, -0.1) is 11.3 Å². The van der Waals surface area contributed by atoms with Crippen molar-refractivity contribution in [3.05, 3.63) is 16.1 Å². The molecule has 0 atom stereocenters. The lowest BCUT2D eigenvalue weighted by Gasteiger charge is -2.15. The average molecular weight is 269 g/mol. The first-order valence-corrected chi connectivity index (χ1v) is 7.79. The molecule has 0 unspecified atom stereocenters. The lowest BCUT2D eigenvalue weighted by molar-refractivity contribution is 0.313. The SMILES string of the molecule is Cc1nc(CN(C)CCCCCNC(C)C)cs1. The lowest BCUT2D eigenvalue weighted by atomic mass is 10.2. The van der Waals surface area contributed by atoms with Gasteiger partial charge in [0.2, 0.25) is 0 Å². The van der Waals surface area contributed by atoms with E-state index in [1.54, 1.807) is 11.3 Å². The Morgan fingerprint density at radius 3 is 2.72 bits per heavy atom. The Bertz CT molecular complexity index is 323. The molecule has 0 aliphatic carbocycles. The maximum Gasteiger partial charge on any atom is 0.0897 e. The van der Waals surface area contributed by atoms with Gasteiger partial charge in [-0.1, -0.05) is 20.3 Å². The fourth-order valence-corrected chi connectivity index (χ4v) is 2.51. The third-order valence-corrected chi connectivity index (χ3v) is 3.69. The predicted octanol–water partition coefficient (Wildman–Crippen LogP) is 3.05. The highest BCUT2D eigenvalue weighted by Crippen LogP contribution is 2.10. The number of aryl methyl sites for hydroxylation is 1. The van der Waals surface area contributed by atoms with Crippen LogP contribution in [0, 0.1) is 6.92 Å². The van der Waals surface area contributed by atoms with Gasteiger partial charge >= 0.3 is 0 Å². The number of hydrogen-bond donors (Lipinski definition) is 1. The maximum atomic E-state index is 4.49. The van der Waals surface area contributed by atoms with Gasteiger partial charge in [-0.05, 0) is 39.9 Å². The fourth-order valence-electron chi connectivity index (χ4n) is 1.91. The second kappa shape index (κ2) is 8.62. The molecule has 0 aliphatic rings. The van der Waals surface area contributed by atoms with Gasteiger partial charge in [-0.3, -0.25) is 0 Å².